The zero-order valence-electron chi connectivity index (χ0n) is 36.5. The van der Waals surface area contributed by atoms with E-state index in [1.54, 1.807) is 6.08 Å². The quantitative estimate of drug-likeness (QED) is 0.0181. The number of allylic oxidation sites excluding steroid dienone is 6. The predicted octanol–water partition coefficient (Wildman–Crippen LogP) is 13.1. The number of ether oxygens (including phenoxy) is 2. The van der Waals surface area contributed by atoms with Crippen LogP contribution in [-0.4, -0.2) is 52.3 Å². The highest BCUT2D eigenvalue weighted by Crippen LogP contribution is 2.36. The maximum absolute atomic E-state index is 12.4. The van der Waals surface area contributed by atoms with E-state index in [0.717, 1.165) is 31.6 Å². The second-order valence-electron chi connectivity index (χ2n) is 16.1. The molecule has 0 aromatic rings. The number of hydrogen-bond acceptors (Lipinski definition) is 7. The maximum atomic E-state index is 12.4. The molecular formula is C47H85O9P. The molecule has 10 heteroatoms. The number of carbonyl (C=O) groups excluding carboxylic acids is 2. The van der Waals surface area contributed by atoms with Crippen molar-refractivity contribution in [1.29, 1.82) is 0 Å². The second kappa shape index (κ2) is 40.7. The molecule has 0 rings (SSSR count). The van der Waals surface area contributed by atoms with Crippen LogP contribution >= 0.6 is 7.82 Å². The highest BCUT2D eigenvalue weighted by molar-refractivity contribution is 7.46. The normalized spacial score (nSPS) is 13.5. The van der Waals surface area contributed by atoms with Gasteiger partial charge in [-0.05, 0) is 50.9 Å². The van der Waals surface area contributed by atoms with Crippen molar-refractivity contribution in [1.82, 2.24) is 0 Å². The van der Waals surface area contributed by atoms with Gasteiger partial charge in [0.1, 0.15) is 6.61 Å². The molecule has 0 aromatic heterocycles. The summed E-state index contributed by atoms with van der Waals surface area (Å²) in [5.74, 6) is -0.142. The summed E-state index contributed by atoms with van der Waals surface area (Å²) in [5, 5.41) is 10.0. The first-order chi connectivity index (χ1) is 27.5. The average molecular weight is 825 g/mol. The van der Waals surface area contributed by atoms with Crippen molar-refractivity contribution in [3.05, 3.63) is 48.6 Å². The summed E-state index contributed by atoms with van der Waals surface area (Å²) < 4.78 is 26.4. The van der Waals surface area contributed by atoms with Gasteiger partial charge < -0.3 is 24.4 Å². The molecule has 0 saturated carbocycles. The number of unbranched alkanes of at least 4 members (excludes halogenated alkanes) is 21. The summed E-state index contributed by atoms with van der Waals surface area (Å²) in [5.41, 5.74) is 0. The van der Waals surface area contributed by atoms with E-state index in [-0.39, 0.29) is 19.4 Å². The lowest BCUT2D eigenvalue weighted by molar-refractivity contribution is -0.161. The Labute approximate surface area is 348 Å². The van der Waals surface area contributed by atoms with Gasteiger partial charge in [0.05, 0.1) is 12.7 Å². The number of aliphatic hydroxyl groups is 1. The number of carbonyl (C=O) groups is 2. The Morgan fingerprint density at radius 2 is 1.12 bits per heavy atom. The summed E-state index contributed by atoms with van der Waals surface area (Å²) in [6, 6.07) is 0. The summed E-state index contributed by atoms with van der Waals surface area (Å²) in [6.45, 7) is 5.91. The Hall–Kier alpha value is -2.03. The van der Waals surface area contributed by atoms with Crippen molar-refractivity contribution >= 4 is 19.8 Å². The van der Waals surface area contributed by atoms with E-state index in [2.05, 4.69) is 31.4 Å². The topological polar surface area (TPSA) is 140 Å². The number of phosphoric acid groups is 1. The standard InChI is InChI=1S/C47H85O9P/c1-4-5-6-7-21-27-32-37-44(48)38-33-28-23-20-25-30-35-40-47(50)56-45(42-55-57(51,52)53)41-54-46(49)39-34-29-24-19-17-15-13-11-9-8-10-12-14-16-18-22-26-31-36-43(2)3/h20-21,25,27-28,32-33,37,43-45,48H,4-19,22-24,26,29-31,34-36,38-42H2,1-3H3,(H2,51,52,53)/b25-20+,27-21-,33-28-,37-32-/t44-,45+/m0/s1. The van der Waals surface area contributed by atoms with Crippen LogP contribution in [0.2, 0.25) is 0 Å². The minimum Gasteiger partial charge on any atom is -0.462 e. The molecule has 0 aliphatic heterocycles. The largest absolute Gasteiger partial charge is 0.469 e. The summed E-state index contributed by atoms with van der Waals surface area (Å²) in [6.07, 6.45) is 45.8. The number of aliphatic hydroxyl groups excluding tert-OH is 1. The number of phosphoric ester groups is 1. The fraction of sp³-hybridized carbons (Fsp3) is 0.787. The third-order valence-corrected chi connectivity index (χ3v) is 10.3. The fourth-order valence-corrected chi connectivity index (χ4v) is 6.76. The lowest BCUT2D eigenvalue weighted by atomic mass is 10.0. The van der Waals surface area contributed by atoms with Crippen LogP contribution in [0.15, 0.2) is 48.6 Å². The average Bonchev–Trinajstić information content (AvgIpc) is 3.16. The molecule has 3 N–H and O–H groups in total. The van der Waals surface area contributed by atoms with Crippen LogP contribution < -0.4 is 0 Å². The van der Waals surface area contributed by atoms with Crippen molar-refractivity contribution in [2.24, 2.45) is 5.92 Å². The molecule has 2 atom stereocenters. The SMILES string of the molecule is CCCCC/C=C\C=C/[C@H](O)C/C=C\C/C=C/CCCC(=O)O[C@H](COC(=O)CCCCCCCCCCCCCCCCCCCCC(C)C)COP(=O)(O)O. The van der Waals surface area contributed by atoms with Crippen LogP contribution in [0.25, 0.3) is 0 Å². The molecule has 57 heavy (non-hydrogen) atoms. The summed E-state index contributed by atoms with van der Waals surface area (Å²) in [7, 11) is -4.79. The predicted molar refractivity (Wildman–Crippen MR) is 236 cm³/mol. The first kappa shape index (κ1) is 55.0. The molecule has 0 bridgehead atoms. The van der Waals surface area contributed by atoms with Crippen molar-refractivity contribution in [2.45, 2.75) is 219 Å². The van der Waals surface area contributed by atoms with Crippen LogP contribution in [0.4, 0.5) is 0 Å². The Morgan fingerprint density at radius 3 is 1.68 bits per heavy atom. The van der Waals surface area contributed by atoms with E-state index in [4.69, 9.17) is 19.3 Å². The van der Waals surface area contributed by atoms with Crippen LogP contribution in [0.1, 0.15) is 207 Å². The molecule has 0 amide bonds. The molecule has 9 nitrogen and oxygen atoms in total. The Bertz CT molecular complexity index is 1090. The minimum atomic E-state index is -4.79. The van der Waals surface area contributed by atoms with Gasteiger partial charge in [0.25, 0.3) is 0 Å². The van der Waals surface area contributed by atoms with Crippen molar-refractivity contribution in [2.75, 3.05) is 13.2 Å². The van der Waals surface area contributed by atoms with E-state index in [1.165, 1.54) is 116 Å². The molecule has 0 radical (unpaired) electrons. The van der Waals surface area contributed by atoms with Gasteiger partial charge in [-0.2, -0.15) is 0 Å². The zero-order chi connectivity index (χ0) is 42.1. The van der Waals surface area contributed by atoms with Gasteiger partial charge in [0, 0.05) is 12.8 Å². The molecule has 0 unspecified atom stereocenters. The first-order valence-electron chi connectivity index (χ1n) is 22.9. The van der Waals surface area contributed by atoms with Gasteiger partial charge in [-0.3, -0.25) is 14.1 Å². The smallest absolute Gasteiger partial charge is 0.462 e. The van der Waals surface area contributed by atoms with E-state index >= 15 is 0 Å². The molecule has 0 saturated heterocycles. The monoisotopic (exact) mass is 825 g/mol. The van der Waals surface area contributed by atoms with Crippen molar-refractivity contribution in [3.8, 4) is 0 Å². The van der Waals surface area contributed by atoms with E-state index in [0.29, 0.717) is 32.1 Å². The van der Waals surface area contributed by atoms with E-state index < -0.39 is 38.6 Å². The highest BCUT2D eigenvalue weighted by Gasteiger charge is 2.22. The molecule has 0 aromatic carbocycles. The molecule has 0 aliphatic carbocycles. The Morgan fingerprint density at radius 1 is 0.596 bits per heavy atom. The minimum absolute atomic E-state index is 0.102. The van der Waals surface area contributed by atoms with Crippen molar-refractivity contribution < 1.29 is 43.0 Å². The van der Waals surface area contributed by atoms with Crippen molar-refractivity contribution in [3.63, 3.8) is 0 Å². The van der Waals surface area contributed by atoms with Gasteiger partial charge in [-0.25, -0.2) is 4.57 Å². The molecule has 0 aliphatic rings. The van der Waals surface area contributed by atoms with Crippen LogP contribution in [0, 0.1) is 5.92 Å². The van der Waals surface area contributed by atoms with Crippen LogP contribution in [-0.2, 0) is 28.2 Å². The van der Waals surface area contributed by atoms with Crippen LogP contribution in [0.5, 0.6) is 0 Å². The molecule has 0 spiro atoms. The number of hydrogen-bond donors (Lipinski definition) is 3. The number of rotatable bonds is 41. The van der Waals surface area contributed by atoms with Gasteiger partial charge in [0.15, 0.2) is 6.10 Å². The third kappa shape index (κ3) is 44.9. The van der Waals surface area contributed by atoms with E-state index in [9.17, 15) is 19.3 Å². The lowest BCUT2D eigenvalue weighted by Crippen LogP contribution is -2.29. The second-order valence-corrected chi connectivity index (χ2v) is 17.3. The number of esters is 2. The first-order valence-corrected chi connectivity index (χ1v) is 24.4. The molecule has 332 valence electrons. The van der Waals surface area contributed by atoms with Gasteiger partial charge in [-0.15, -0.1) is 0 Å². The van der Waals surface area contributed by atoms with Gasteiger partial charge in [-0.1, -0.05) is 198 Å². The Balaban J connectivity index is 3.98. The van der Waals surface area contributed by atoms with Gasteiger partial charge >= 0.3 is 19.8 Å². The fourth-order valence-electron chi connectivity index (χ4n) is 6.40. The van der Waals surface area contributed by atoms with Crippen LogP contribution in [0.3, 0.4) is 0 Å². The zero-order valence-corrected chi connectivity index (χ0v) is 37.4. The summed E-state index contributed by atoms with van der Waals surface area (Å²) in [4.78, 5) is 42.9. The van der Waals surface area contributed by atoms with E-state index in [1.807, 2.05) is 36.5 Å². The van der Waals surface area contributed by atoms with Gasteiger partial charge in [0.2, 0.25) is 0 Å². The highest BCUT2D eigenvalue weighted by atomic mass is 31.2. The molecular weight excluding hydrogens is 739 g/mol. The maximum Gasteiger partial charge on any atom is 0.469 e. The summed E-state index contributed by atoms with van der Waals surface area (Å²) >= 11 is 0. The lowest BCUT2D eigenvalue weighted by Gasteiger charge is -2.18. The molecule has 0 heterocycles. The third-order valence-electron chi connectivity index (χ3n) is 9.86. The molecule has 0 fully saturated rings. The Kier molecular flexibility index (Phi) is 39.3.